The first-order valence-corrected chi connectivity index (χ1v) is 14.6. The second kappa shape index (κ2) is 10.3. The molecule has 2 saturated heterocycles. The van der Waals surface area contributed by atoms with Gasteiger partial charge in [0.2, 0.25) is 23.6 Å². The highest BCUT2D eigenvalue weighted by Gasteiger charge is 2.62. The van der Waals surface area contributed by atoms with Gasteiger partial charge in [-0.15, -0.1) is 0 Å². The average Bonchev–Trinajstić information content (AvgIpc) is 3.45. The van der Waals surface area contributed by atoms with Crippen molar-refractivity contribution >= 4 is 47.2 Å². The molecule has 1 saturated carbocycles. The van der Waals surface area contributed by atoms with Crippen LogP contribution < -0.4 is 9.80 Å². The lowest BCUT2D eigenvalue weighted by atomic mass is 9.57. The van der Waals surface area contributed by atoms with E-state index in [1.165, 1.54) is 21.9 Å². The summed E-state index contributed by atoms with van der Waals surface area (Å²) in [5.74, 6) is -6.97. The normalized spacial score (nSPS) is 27.5. The van der Waals surface area contributed by atoms with Gasteiger partial charge in [0, 0.05) is 5.92 Å². The Balaban J connectivity index is 1.32. The first-order chi connectivity index (χ1) is 21.2. The molecule has 6 unspecified atom stereocenters. The van der Waals surface area contributed by atoms with Gasteiger partial charge in [0.1, 0.15) is 0 Å². The van der Waals surface area contributed by atoms with E-state index in [2.05, 4.69) is 13.2 Å². The Kier molecular flexibility index (Phi) is 6.46. The standard InChI is InChI=1S/C36H29FN2O5/c1-3-19-5-10-22(11-6-19)38-33(41)25-15-14-24-26(31(25)35(38)43)18-27-32(30(24)21-9-16-29(40)28(37)17-21)36(44)39(34(27)42)23-12-7-20(4-2)8-13-23/h3-14,16-17,25-27,30-32,40H,1-2,15,18H2. The van der Waals surface area contributed by atoms with Crippen molar-refractivity contribution in [3.05, 3.63) is 114 Å². The molecule has 2 heterocycles. The maximum atomic E-state index is 14.8. The molecule has 0 spiro atoms. The Morgan fingerprint density at radius 2 is 1.25 bits per heavy atom. The van der Waals surface area contributed by atoms with Crippen LogP contribution in [0.2, 0.25) is 0 Å². The van der Waals surface area contributed by atoms with Gasteiger partial charge in [0.05, 0.1) is 35.0 Å². The third kappa shape index (κ3) is 4.01. The molecule has 8 heteroatoms. The summed E-state index contributed by atoms with van der Waals surface area (Å²) in [5, 5.41) is 9.93. The van der Waals surface area contributed by atoms with Gasteiger partial charge in [-0.1, -0.05) is 67.3 Å². The van der Waals surface area contributed by atoms with Crippen molar-refractivity contribution in [3.63, 3.8) is 0 Å². The molecule has 3 fully saturated rings. The molecule has 7 rings (SSSR count). The lowest BCUT2D eigenvalue weighted by Crippen LogP contribution is -2.43. The number of anilines is 2. The summed E-state index contributed by atoms with van der Waals surface area (Å²) in [6.45, 7) is 7.51. The Morgan fingerprint density at radius 1 is 0.705 bits per heavy atom. The first kappa shape index (κ1) is 27.7. The van der Waals surface area contributed by atoms with Gasteiger partial charge in [-0.3, -0.25) is 29.0 Å². The molecule has 1 N–H and O–H groups in total. The average molecular weight is 589 g/mol. The molecule has 2 aliphatic heterocycles. The number of carbonyl (C=O) groups is 4. The minimum Gasteiger partial charge on any atom is -0.505 e. The number of hydrogen-bond acceptors (Lipinski definition) is 5. The lowest BCUT2D eigenvalue weighted by Gasteiger charge is -2.44. The number of benzene rings is 3. The highest BCUT2D eigenvalue weighted by molar-refractivity contribution is 6.24. The van der Waals surface area contributed by atoms with Crippen LogP contribution in [0.1, 0.15) is 35.4 Å². The van der Waals surface area contributed by atoms with Crippen LogP contribution in [0, 0.1) is 35.4 Å². The van der Waals surface area contributed by atoms with E-state index in [-0.39, 0.29) is 30.6 Å². The monoisotopic (exact) mass is 588 g/mol. The number of rotatable bonds is 5. The van der Waals surface area contributed by atoms with Gasteiger partial charge in [-0.05, 0) is 71.8 Å². The third-order valence-electron chi connectivity index (χ3n) is 9.75. The van der Waals surface area contributed by atoms with Gasteiger partial charge in [-0.25, -0.2) is 4.39 Å². The predicted molar refractivity (Wildman–Crippen MR) is 164 cm³/mol. The Morgan fingerprint density at radius 3 is 1.80 bits per heavy atom. The molecular formula is C36H29FN2O5. The van der Waals surface area contributed by atoms with Gasteiger partial charge < -0.3 is 5.11 Å². The largest absolute Gasteiger partial charge is 0.505 e. The molecule has 220 valence electrons. The van der Waals surface area contributed by atoms with Gasteiger partial charge in [0.15, 0.2) is 11.6 Å². The van der Waals surface area contributed by atoms with E-state index < -0.39 is 53.0 Å². The van der Waals surface area contributed by atoms with E-state index in [0.717, 1.165) is 16.7 Å². The van der Waals surface area contributed by atoms with Crippen molar-refractivity contribution in [3.8, 4) is 5.75 Å². The van der Waals surface area contributed by atoms with Gasteiger partial charge >= 0.3 is 0 Å². The molecule has 4 aliphatic rings. The molecule has 0 radical (unpaired) electrons. The zero-order valence-corrected chi connectivity index (χ0v) is 23.7. The van der Waals surface area contributed by atoms with Crippen molar-refractivity contribution in [2.45, 2.75) is 18.8 Å². The topological polar surface area (TPSA) is 95.0 Å². The molecule has 4 amide bonds. The number of imide groups is 2. The highest BCUT2D eigenvalue weighted by Crippen LogP contribution is 2.58. The fourth-order valence-electron chi connectivity index (χ4n) is 7.71. The van der Waals surface area contributed by atoms with Crippen LogP contribution in [0.25, 0.3) is 12.2 Å². The molecule has 44 heavy (non-hydrogen) atoms. The predicted octanol–water partition coefficient (Wildman–Crippen LogP) is 5.86. The molecule has 0 bridgehead atoms. The maximum absolute atomic E-state index is 14.8. The maximum Gasteiger partial charge on any atom is 0.238 e. The van der Waals surface area contributed by atoms with Crippen LogP contribution in [0.5, 0.6) is 5.75 Å². The third-order valence-corrected chi connectivity index (χ3v) is 9.75. The molecule has 2 aliphatic carbocycles. The zero-order valence-electron chi connectivity index (χ0n) is 23.7. The number of fused-ring (bicyclic) bond motifs is 4. The number of amides is 4. The smallest absolute Gasteiger partial charge is 0.238 e. The molecule has 6 atom stereocenters. The van der Waals surface area contributed by atoms with Crippen molar-refractivity contribution in [1.82, 2.24) is 0 Å². The summed E-state index contributed by atoms with van der Waals surface area (Å²) in [6.07, 6.45) is 5.74. The number of halogens is 1. The second-order valence-corrected chi connectivity index (χ2v) is 11.9. The molecule has 3 aromatic carbocycles. The summed E-state index contributed by atoms with van der Waals surface area (Å²) in [5.41, 5.74) is 3.76. The summed E-state index contributed by atoms with van der Waals surface area (Å²) in [4.78, 5) is 58.4. The quantitative estimate of drug-likeness (QED) is 0.298. The van der Waals surface area contributed by atoms with E-state index >= 15 is 0 Å². The molecule has 0 aromatic heterocycles. The minimum absolute atomic E-state index is 0.211. The number of nitrogens with zero attached hydrogens (tertiary/aromatic N) is 2. The molecule has 3 aromatic rings. The summed E-state index contributed by atoms with van der Waals surface area (Å²) < 4.78 is 14.8. The van der Waals surface area contributed by atoms with Crippen LogP contribution in [-0.4, -0.2) is 28.7 Å². The van der Waals surface area contributed by atoms with Crippen LogP contribution in [-0.2, 0) is 19.2 Å². The van der Waals surface area contributed by atoms with Crippen molar-refractivity contribution < 1.29 is 28.7 Å². The van der Waals surface area contributed by atoms with Crippen molar-refractivity contribution in [1.29, 1.82) is 0 Å². The Hall–Kier alpha value is -5.11. The van der Waals surface area contributed by atoms with E-state index in [9.17, 15) is 28.7 Å². The minimum atomic E-state index is -0.842. The molecular weight excluding hydrogens is 559 g/mol. The van der Waals surface area contributed by atoms with Crippen LogP contribution >= 0.6 is 0 Å². The van der Waals surface area contributed by atoms with E-state index in [4.69, 9.17) is 0 Å². The summed E-state index contributed by atoms with van der Waals surface area (Å²) in [7, 11) is 0. The van der Waals surface area contributed by atoms with E-state index in [1.807, 2.05) is 6.08 Å². The fraction of sp³-hybridized carbons (Fsp3) is 0.222. The van der Waals surface area contributed by atoms with Crippen molar-refractivity contribution in [2.75, 3.05) is 9.80 Å². The number of aromatic hydroxyl groups is 1. The number of hydrogen-bond donors (Lipinski definition) is 1. The first-order valence-electron chi connectivity index (χ1n) is 14.6. The fourth-order valence-corrected chi connectivity index (χ4v) is 7.71. The van der Waals surface area contributed by atoms with Crippen molar-refractivity contribution in [2.24, 2.45) is 29.6 Å². The van der Waals surface area contributed by atoms with Crippen LogP contribution in [0.15, 0.2) is 91.5 Å². The summed E-state index contributed by atoms with van der Waals surface area (Å²) in [6, 6.07) is 17.9. The SMILES string of the molecule is C=Cc1ccc(N2C(=O)C3CC=C4C(CC5C(=O)N(c6ccc(C=C)cc6)C(=O)C5C4c4ccc(O)c(F)c4)C3C2=O)cc1. The van der Waals surface area contributed by atoms with E-state index in [0.29, 0.717) is 16.9 Å². The Labute approximate surface area is 253 Å². The highest BCUT2D eigenvalue weighted by atomic mass is 19.1. The van der Waals surface area contributed by atoms with Gasteiger partial charge in [-0.2, -0.15) is 0 Å². The van der Waals surface area contributed by atoms with Gasteiger partial charge in [0.25, 0.3) is 0 Å². The summed E-state index contributed by atoms with van der Waals surface area (Å²) >= 11 is 0. The number of phenolic OH excluding ortho intramolecular Hbond substituents is 1. The van der Waals surface area contributed by atoms with Crippen LogP contribution in [0.3, 0.4) is 0 Å². The number of allylic oxidation sites excluding steroid dienone is 2. The lowest BCUT2D eigenvalue weighted by molar-refractivity contribution is -0.126. The number of phenols is 1. The van der Waals surface area contributed by atoms with E-state index in [1.54, 1.807) is 66.7 Å². The number of carbonyl (C=O) groups excluding carboxylic acids is 4. The zero-order chi connectivity index (χ0) is 30.9. The molecule has 7 nitrogen and oxygen atoms in total. The van der Waals surface area contributed by atoms with Crippen LogP contribution in [0.4, 0.5) is 15.8 Å². The second-order valence-electron chi connectivity index (χ2n) is 11.9. The Bertz CT molecular complexity index is 1790.